The van der Waals surface area contributed by atoms with E-state index in [1.54, 1.807) is 0 Å². The number of guanidine groups is 1. The lowest BCUT2D eigenvalue weighted by atomic mass is 10.2. The molecular formula is C15H23N5O5S. The summed E-state index contributed by atoms with van der Waals surface area (Å²) in [5, 5.41) is 2.53. The van der Waals surface area contributed by atoms with Gasteiger partial charge in [-0.15, -0.1) is 0 Å². The number of aliphatic imine (C=N–C) groups is 1. The molecule has 0 radical (unpaired) electrons. The van der Waals surface area contributed by atoms with Crippen LogP contribution in [0.25, 0.3) is 0 Å². The molecule has 1 rings (SSSR count). The van der Waals surface area contributed by atoms with Gasteiger partial charge < -0.3 is 21.5 Å². The molecule has 0 aromatic heterocycles. The van der Waals surface area contributed by atoms with Crippen LogP contribution in [-0.2, 0) is 24.3 Å². The number of hydrogen-bond acceptors (Lipinski definition) is 6. The summed E-state index contributed by atoms with van der Waals surface area (Å²) in [7, 11) is -2.79. The zero-order valence-electron chi connectivity index (χ0n) is 14.6. The number of hydrogen-bond donors (Lipinski definition) is 4. The number of carbonyl (C=O) groups excluding carboxylic acids is 2. The van der Waals surface area contributed by atoms with Gasteiger partial charge >= 0.3 is 5.97 Å². The Balaban J connectivity index is 2.85. The lowest BCUT2D eigenvalue weighted by Crippen LogP contribution is -2.41. The molecule has 1 aromatic carbocycles. The Morgan fingerprint density at radius 2 is 1.85 bits per heavy atom. The van der Waals surface area contributed by atoms with E-state index in [2.05, 4.69) is 19.8 Å². The number of anilines is 1. The van der Waals surface area contributed by atoms with Crippen LogP contribution in [0.4, 0.5) is 5.69 Å². The van der Waals surface area contributed by atoms with Crippen molar-refractivity contribution in [3.63, 3.8) is 0 Å². The number of rotatable bonds is 9. The van der Waals surface area contributed by atoms with Gasteiger partial charge in [0.15, 0.2) is 5.96 Å². The molecule has 1 amide bonds. The standard InChI is InChI=1S/C15H23N5O5S/c1-10(21)19-11-5-7-12(8-6-11)26(23,24)20-13(14(22)25-2)4-3-9-18-15(16)17/h5-8,13,20H,3-4,9H2,1-2H3,(H,19,21)(H4,16,17,18)/t13-/m0/s1. The second-order valence-corrected chi connectivity index (χ2v) is 7.07. The molecule has 6 N–H and O–H groups in total. The first kappa shape index (κ1) is 21.4. The van der Waals surface area contributed by atoms with E-state index in [1.165, 1.54) is 38.3 Å². The summed E-state index contributed by atoms with van der Waals surface area (Å²) in [6.07, 6.45) is 0.536. The van der Waals surface area contributed by atoms with Crippen LogP contribution < -0.4 is 21.5 Å². The summed E-state index contributed by atoms with van der Waals surface area (Å²) in [6.45, 7) is 1.60. The quantitative estimate of drug-likeness (QED) is 0.193. The number of esters is 1. The van der Waals surface area contributed by atoms with Gasteiger partial charge in [0.25, 0.3) is 0 Å². The Morgan fingerprint density at radius 3 is 2.35 bits per heavy atom. The number of benzene rings is 1. The maximum atomic E-state index is 12.5. The van der Waals surface area contributed by atoms with Gasteiger partial charge in [0.2, 0.25) is 15.9 Å². The average Bonchev–Trinajstić information content (AvgIpc) is 2.56. The van der Waals surface area contributed by atoms with Gasteiger partial charge in [0, 0.05) is 19.2 Å². The Labute approximate surface area is 152 Å². The highest BCUT2D eigenvalue weighted by atomic mass is 32.2. The predicted octanol–water partition coefficient (Wildman–Crippen LogP) is -0.481. The van der Waals surface area contributed by atoms with E-state index in [9.17, 15) is 18.0 Å². The van der Waals surface area contributed by atoms with Crippen molar-refractivity contribution in [3.05, 3.63) is 24.3 Å². The fraction of sp³-hybridized carbons (Fsp3) is 0.400. The highest BCUT2D eigenvalue weighted by Gasteiger charge is 2.26. The largest absolute Gasteiger partial charge is 0.468 e. The fourth-order valence-corrected chi connectivity index (χ4v) is 3.27. The Morgan fingerprint density at radius 1 is 1.23 bits per heavy atom. The maximum Gasteiger partial charge on any atom is 0.323 e. The SMILES string of the molecule is COC(=O)[C@H](CCCN=C(N)N)NS(=O)(=O)c1ccc(NC(C)=O)cc1. The molecule has 26 heavy (non-hydrogen) atoms. The third-order valence-electron chi connectivity index (χ3n) is 3.21. The number of ether oxygens (including phenoxy) is 1. The maximum absolute atomic E-state index is 12.5. The summed E-state index contributed by atoms with van der Waals surface area (Å²) in [4.78, 5) is 26.6. The highest BCUT2D eigenvalue weighted by Crippen LogP contribution is 2.15. The second kappa shape index (κ2) is 9.73. The molecule has 0 aliphatic rings. The molecule has 0 heterocycles. The average molecular weight is 385 g/mol. The summed E-state index contributed by atoms with van der Waals surface area (Å²) in [5.74, 6) is -1.07. The van der Waals surface area contributed by atoms with Crippen molar-refractivity contribution in [3.8, 4) is 0 Å². The van der Waals surface area contributed by atoms with Crippen LogP contribution in [0, 0.1) is 0 Å². The number of nitrogens with zero attached hydrogens (tertiary/aromatic N) is 1. The molecule has 0 fully saturated rings. The van der Waals surface area contributed by atoms with E-state index in [0.717, 1.165) is 0 Å². The molecule has 0 unspecified atom stereocenters. The van der Waals surface area contributed by atoms with Gasteiger partial charge in [-0.2, -0.15) is 4.72 Å². The van der Waals surface area contributed by atoms with Gasteiger partial charge in [-0.1, -0.05) is 0 Å². The molecule has 1 aromatic rings. The third kappa shape index (κ3) is 7.07. The Bertz CT molecular complexity index is 757. The Kier molecular flexibility index (Phi) is 8.00. The number of sulfonamides is 1. The van der Waals surface area contributed by atoms with Crippen molar-refractivity contribution in [1.29, 1.82) is 0 Å². The van der Waals surface area contributed by atoms with Crippen molar-refractivity contribution in [1.82, 2.24) is 4.72 Å². The van der Waals surface area contributed by atoms with E-state index >= 15 is 0 Å². The van der Waals surface area contributed by atoms with Crippen LogP contribution in [0.1, 0.15) is 19.8 Å². The first-order chi connectivity index (χ1) is 12.2. The predicted molar refractivity (Wildman–Crippen MR) is 96.8 cm³/mol. The highest BCUT2D eigenvalue weighted by molar-refractivity contribution is 7.89. The van der Waals surface area contributed by atoms with Gasteiger partial charge in [0.1, 0.15) is 6.04 Å². The minimum Gasteiger partial charge on any atom is -0.468 e. The summed E-state index contributed by atoms with van der Waals surface area (Å²) in [5.41, 5.74) is 10.9. The van der Waals surface area contributed by atoms with Crippen LogP contribution in [0.15, 0.2) is 34.2 Å². The summed E-state index contributed by atoms with van der Waals surface area (Å²) >= 11 is 0. The van der Waals surface area contributed by atoms with Crippen molar-refractivity contribution >= 4 is 33.5 Å². The smallest absolute Gasteiger partial charge is 0.323 e. The molecule has 11 heteroatoms. The molecule has 0 saturated carbocycles. The van der Waals surface area contributed by atoms with Crippen molar-refractivity contribution in [2.75, 3.05) is 19.0 Å². The third-order valence-corrected chi connectivity index (χ3v) is 4.70. The van der Waals surface area contributed by atoms with Crippen molar-refractivity contribution < 1.29 is 22.7 Å². The van der Waals surface area contributed by atoms with Crippen LogP contribution in [0.3, 0.4) is 0 Å². The topological polar surface area (TPSA) is 166 Å². The van der Waals surface area contributed by atoms with Crippen molar-refractivity contribution in [2.24, 2.45) is 16.5 Å². The van der Waals surface area contributed by atoms with Crippen LogP contribution in [-0.4, -0.2) is 46.0 Å². The lowest BCUT2D eigenvalue weighted by Gasteiger charge is -2.16. The lowest BCUT2D eigenvalue weighted by molar-refractivity contribution is -0.142. The number of nitrogens with two attached hydrogens (primary N) is 2. The minimum atomic E-state index is -3.96. The van der Waals surface area contributed by atoms with Crippen LogP contribution in [0.5, 0.6) is 0 Å². The molecule has 10 nitrogen and oxygen atoms in total. The monoisotopic (exact) mass is 385 g/mol. The Hall–Kier alpha value is -2.66. The van der Waals surface area contributed by atoms with E-state index in [-0.39, 0.29) is 29.7 Å². The van der Waals surface area contributed by atoms with Gasteiger partial charge in [-0.05, 0) is 37.1 Å². The van der Waals surface area contributed by atoms with E-state index in [1.807, 2.05) is 0 Å². The van der Waals surface area contributed by atoms with Crippen LogP contribution in [0.2, 0.25) is 0 Å². The van der Waals surface area contributed by atoms with Gasteiger partial charge in [-0.25, -0.2) is 8.42 Å². The summed E-state index contributed by atoms with van der Waals surface area (Å²) in [6, 6.07) is 4.46. The first-order valence-corrected chi connectivity index (χ1v) is 9.17. The zero-order chi connectivity index (χ0) is 19.7. The molecule has 0 saturated heterocycles. The molecular weight excluding hydrogens is 362 g/mol. The molecule has 0 aliphatic carbocycles. The second-order valence-electron chi connectivity index (χ2n) is 5.35. The number of carbonyl (C=O) groups is 2. The van der Waals surface area contributed by atoms with Gasteiger partial charge in [-0.3, -0.25) is 14.6 Å². The molecule has 0 aliphatic heterocycles. The number of methoxy groups -OCH3 is 1. The minimum absolute atomic E-state index is 0.0512. The van der Waals surface area contributed by atoms with E-state index in [0.29, 0.717) is 12.1 Å². The molecule has 144 valence electrons. The number of amides is 1. The number of nitrogens with one attached hydrogen (secondary N) is 2. The van der Waals surface area contributed by atoms with E-state index < -0.39 is 22.0 Å². The van der Waals surface area contributed by atoms with Crippen LogP contribution >= 0.6 is 0 Å². The zero-order valence-corrected chi connectivity index (χ0v) is 15.4. The summed E-state index contributed by atoms with van der Waals surface area (Å²) < 4.78 is 31.9. The van der Waals surface area contributed by atoms with E-state index in [4.69, 9.17) is 11.5 Å². The molecule has 1 atom stereocenters. The fourth-order valence-electron chi connectivity index (χ4n) is 2.05. The molecule has 0 bridgehead atoms. The molecule has 0 spiro atoms. The van der Waals surface area contributed by atoms with Crippen molar-refractivity contribution in [2.45, 2.75) is 30.7 Å². The first-order valence-electron chi connectivity index (χ1n) is 7.69. The van der Waals surface area contributed by atoms with Gasteiger partial charge in [0.05, 0.1) is 12.0 Å². The normalized spacial score (nSPS) is 12.1.